The number of ether oxygens (including phenoxy) is 1. The number of hydrogen-bond donors (Lipinski definition) is 1. The Hall–Kier alpha value is -2.82. The van der Waals surface area contributed by atoms with Gasteiger partial charge in [-0.3, -0.25) is 14.5 Å². The zero-order valence-electron chi connectivity index (χ0n) is 13.9. The Kier molecular flexibility index (Phi) is 4.14. The topological polar surface area (TPSA) is 58.6 Å². The molecule has 4 rings (SSSR count). The molecule has 0 spiro atoms. The molecule has 5 nitrogen and oxygen atoms in total. The summed E-state index contributed by atoms with van der Waals surface area (Å²) in [4.78, 5) is 26.4. The van der Waals surface area contributed by atoms with Gasteiger partial charge in [0.25, 0.3) is 5.91 Å². The molecule has 128 valence electrons. The Morgan fingerprint density at radius 3 is 2.60 bits per heavy atom. The molecular weight excluding hydrogens is 316 g/mol. The van der Waals surface area contributed by atoms with Crippen molar-refractivity contribution in [2.24, 2.45) is 5.92 Å². The van der Waals surface area contributed by atoms with Gasteiger partial charge in [0, 0.05) is 0 Å². The molecule has 25 heavy (non-hydrogen) atoms. The number of carbonyl (C=O) groups excluding carboxylic acids is 2. The minimum Gasteiger partial charge on any atom is -0.482 e. The van der Waals surface area contributed by atoms with E-state index in [0.717, 1.165) is 18.4 Å². The minimum absolute atomic E-state index is 0.00919. The summed E-state index contributed by atoms with van der Waals surface area (Å²) in [5.41, 5.74) is 1.77. The summed E-state index contributed by atoms with van der Waals surface area (Å²) >= 11 is 0. The highest BCUT2D eigenvalue weighted by Gasteiger charge is 2.34. The summed E-state index contributed by atoms with van der Waals surface area (Å²) in [5.74, 6) is 0.776. The standard InChI is InChI=1S/C20H20N2O3/c23-18(21-20(15-10-11-15)14-6-2-1-3-7-14)12-22-16-8-4-5-9-17(16)25-13-19(22)24/h1-9,15,20H,10-13H2,(H,21,23)/t20-/m1/s1. The van der Waals surface area contributed by atoms with Gasteiger partial charge < -0.3 is 10.1 Å². The van der Waals surface area contributed by atoms with Gasteiger partial charge >= 0.3 is 0 Å². The number of nitrogens with zero attached hydrogens (tertiary/aromatic N) is 1. The first-order valence-corrected chi connectivity index (χ1v) is 8.59. The van der Waals surface area contributed by atoms with Gasteiger partial charge in [0.1, 0.15) is 12.3 Å². The molecule has 0 saturated heterocycles. The Balaban J connectivity index is 1.49. The Labute approximate surface area is 146 Å². The molecule has 0 unspecified atom stereocenters. The van der Waals surface area contributed by atoms with Crippen molar-refractivity contribution in [2.45, 2.75) is 18.9 Å². The fourth-order valence-electron chi connectivity index (χ4n) is 3.25. The van der Waals surface area contributed by atoms with Crippen LogP contribution in [0.3, 0.4) is 0 Å². The van der Waals surface area contributed by atoms with Crippen LogP contribution in [0.4, 0.5) is 5.69 Å². The van der Waals surface area contributed by atoms with Crippen LogP contribution in [0.25, 0.3) is 0 Å². The predicted molar refractivity (Wildman–Crippen MR) is 94.3 cm³/mol. The van der Waals surface area contributed by atoms with Gasteiger partial charge in [-0.1, -0.05) is 42.5 Å². The van der Waals surface area contributed by atoms with Gasteiger partial charge in [-0.2, -0.15) is 0 Å². The number of fused-ring (bicyclic) bond motifs is 1. The SMILES string of the molecule is O=C(CN1C(=O)COc2ccccc21)N[C@H](c1ccccc1)C1CC1. The molecule has 1 heterocycles. The van der Waals surface area contributed by atoms with Crippen LogP contribution in [0, 0.1) is 5.92 Å². The van der Waals surface area contributed by atoms with Crippen LogP contribution < -0.4 is 15.0 Å². The number of hydrogen-bond acceptors (Lipinski definition) is 3. The van der Waals surface area contributed by atoms with E-state index in [1.807, 2.05) is 48.5 Å². The van der Waals surface area contributed by atoms with Gasteiger partial charge in [-0.15, -0.1) is 0 Å². The number of carbonyl (C=O) groups is 2. The molecule has 2 aromatic carbocycles. The quantitative estimate of drug-likeness (QED) is 0.913. The maximum absolute atomic E-state index is 12.6. The lowest BCUT2D eigenvalue weighted by atomic mass is 10.0. The molecule has 1 aliphatic heterocycles. The largest absolute Gasteiger partial charge is 0.482 e. The summed E-state index contributed by atoms with van der Waals surface area (Å²) in [5, 5.41) is 3.12. The third-order valence-corrected chi connectivity index (χ3v) is 4.68. The lowest BCUT2D eigenvalue weighted by Gasteiger charge is -2.29. The highest BCUT2D eigenvalue weighted by atomic mass is 16.5. The number of amides is 2. The van der Waals surface area contributed by atoms with E-state index in [1.54, 1.807) is 6.07 Å². The first-order chi connectivity index (χ1) is 12.2. The average Bonchev–Trinajstić information content (AvgIpc) is 3.48. The molecule has 5 heteroatoms. The van der Waals surface area contributed by atoms with Crippen molar-refractivity contribution in [3.8, 4) is 5.75 Å². The van der Waals surface area contributed by atoms with Gasteiger partial charge in [0.2, 0.25) is 5.91 Å². The fourth-order valence-corrected chi connectivity index (χ4v) is 3.25. The van der Waals surface area contributed by atoms with E-state index in [2.05, 4.69) is 5.32 Å². The maximum Gasteiger partial charge on any atom is 0.265 e. The van der Waals surface area contributed by atoms with E-state index in [4.69, 9.17) is 4.74 Å². The average molecular weight is 336 g/mol. The second-order valence-electron chi connectivity index (χ2n) is 6.53. The summed E-state index contributed by atoms with van der Waals surface area (Å²) in [6, 6.07) is 17.3. The fraction of sp³-hybridized carbons (Fsp3) is 0.300. The molecule has 1 aliphatic carbocycles. The predicted octanol–water partition coefficient (Wildman–Crippen LogP) is 2.68. The van der Waals surface area contributed by atoms with Crippen molar-refractivity contribution in [3.05, 3.63) is 60.2 Å². The molecule has 2 amide bonds. The Morgan fingerprint density at radius 1 is 1.12 bits per heavy atom. The third-order valence-electron chi connectivity index (χ3n) is 4.68. The van der Waals surface area contributed by atoms with E-state index in [1.165, 1.54) is 4.90 Å². The molecule has 2 aliphatic rings. The van der Waals surface area contributed by atoms with Gasteiger partial charge in [0.05, 0.1) is 11.7 Å². The highest BCUT2D eigenvalue weighted by Crippen LogP contribution is 2.41. The summed E-state index contributed by atoms with van der Waals surface area (Å²) in [6.45, 7) is -0.0235. The van der Waals surface area contributed by atoms with Crippen LogP contribution in [0.2, 0.25) is 0 Å². The van der Waals surface area contributed by atoms with Crippen LogP contribution in [0.1, 0.15) is 24.4 Å². The smallest absolute Gasteiger partial charge is 0.265 e. The Morgan fingerprint density at radius 2 is 1.84 bits per heavy atom. The first kappa shape index (κ1) is 15.7. The highest BCUT2D eigenvalue weighted by molar-refractivity contribution is 6.02. The van der Waals surface area contributed by atoms with Crippen LogP contribution in [0.15, 0.2) is 54.6 Å². The van der Waals surface area contributed by atoms with Crippen molar-refractivity contribution in [2.75, 3.05) is 18.1 Å². The maximum atomic E-state index is 12.6. The van der Waals surface area contributed by atoms with Gasteiger partial charge in [-0.25, -0.2) is 0 Å². The van der Waals surface area contributed by atoms with Crippen LogP contribution in [-0.2, 0) is 9.59 Å². The summed E-state index contributed by atoms with van der Waals surface area (Å²) in [7, 11) is 0. The number of rotatable bonds is 5. The molecule has 0 radical (unpaired) electrons. The Bertz CT molecular complexity index is 787. The summed E-state index contributed by atoms with van der Waals surface area (Å²) in [6.07, 6.45) is 2.25. The molecule has 1 fully saturated rings. The van der Waals surface area contributed by atoms with Gasteiger partial charge in [-0.05, 0) is 36.5 Å². The van der Waals surface area contributed by atoms with Crippen molar-refractivity contribution < 1.29 is 14.3 Å². The molecule has 2 aromatic rings. The van der Waals surface area contributed by atoms with Crippen molar-refractivity contribution in [1.82, 2.24) is 5.32 Å². The lowest BCUT2D eigenvalue weighted by Crippen LogP contribution is -2.46. The number of para-hydroxylation sites is 2. The molecule has 0 aromatic heterocycles. The monoisotopic (exact) mass is 336 g/mol. The van der Waals surface area contributed by atoms with Crippen LogP contribution in [-0.4, -0.2) is 25.0 Å². The molecule has 0 bridgehead atoms. The van der Waals surface area contributed by atoms with Gasteiger partial charge in [0.15, 0.2) is 6.61 Å². The molecule has 1 atom stereocenters. The normalized spacial score (nSPS) is 17.4. The van der Waals surface area contributed by atoms with Crippen molar-refractivity contribution >= 4 is 17.5 Å². The lowest BCUT2D eigenvalue weighted by molar-refractivity contribution is -0.125. The number of benzene rings is 2. The first-order valence-electron chi connectivity index (χ1n) is 8.59. The van der Waals surface area contributed by atoms with E-state index in [0.29, 0.717) is 17.4 Å². The zero-order chi connectivity index (χ0) is 17.2. The second-order valence-corrected chi connectivity index (χ2v) is 6.53. The van der Waals surface area contributed by atoms with E-state index in [-0.39, 0.29) is 31.0 Å². The number of nitrogens with one attached hydrogen (secondary N) is 1. The van der Waals surface area contributed by atoms with Crippen LogP contribution in [0.5, 0.6) is 5.75 Å². The number of anilines is 1. The minimum atomic E-state index is -0.198. The second kappa shape index (κ2) is 6.59. The van der Waals surface area contributed by atoms with Crippen molar-refractivity contribution in [1.29, 1.82) is 0 Å². The van der Waals surface area contributed by atoms with E-state index in [9.17, 15) is 9.59 Å². The molecule has 1 saturated carbocycles. The van der Waals surface area contributed by atoms with E-state index < -0.39 is 0 Å². The van der Waals surface area contributed by atoms with Crippen molar-refractivity contribution in [3.63, 3.8) is 0 Å². The van der Waals surface area contributed by atoms with E-state index >= 15 is 0 Å². The molecule has 1 N–H and O–H groups in total. The zero-order valence-corrected chi connectivity index (χ0v) is 13.9. The third kappa shape index (κ3) is 3.36. The molecular formula is C20H20N2O3. The summed E-state index contributed by atoms with van der Waals surface area (Å²) < 4.78 is 5.42. The van der Waals surface area contributed by atoms with Crippen LogP contribution >= 0.6 is 0 Å².